The average Bonchev–Trinajstić information content (AvgIpc) is 2.93. The quantitative estimate of drug-likeness (QED) is 0.637. The van der Waals surface area contributed by atoms with Crippen molar-refractivity contribution < 1.29 is 4.79 Å². The van der Waals surface area contributed by atoms with Crippen LogP contribution >= 0.6 is 11.6 Å². The summed E-state index contributed by atoms with van der Waals surface area (Å²) in [6.45, 7) is 3.78. The Morgan fingerprint density at radius 3 is 2.61 bits per heavy atom. The van der Waals surface area contributed by atoms with E-state index in [1.807, 2.05) is 48.9 Å². The Labute approximate surface area is 139 Å². The Balaban J connectivity index is 2.27. The number of fused-ring (bicyclic) bond motifs is 1. The topological polar surface area (TPSA) is 45.8 Å². The van der Waals surface area contributed by atoms with E-state index in [9.17, 15) is 4.79 Å². The van der Waals surface area contributed by atoms with Crippen molar-refractivity contribution in [2.75, 3.05) is 0 Å². The molecule has 2 aromatic carbocycles. The number of carbonyl (C=O) groups is 1. The summed E-state index contributed by atoms with van der Waals surface area (Å²) < 4.78 is 1.91. The maximum Gasteiger partial charge on any atom is 0.167 e. The predicted octanol–water partition coefficient (Wildman–Crippen LogP) is 4.99. The van der Waals surface area contributed by atoms with Crippen LogP contribution in [0.15, 0.2) is 48.7 Å². The number of benzene rings is 2. The number of nitriles is 1. The van der Waals surface area contributed by atoms with Gasteiger partial charge in [-0.1, -0.05) is 43.6 Å². The molecule has 114 valence electrons. The maximum absolute atomic E-state index is 12.5. The van der Waals surface area contributed by atoms with E-state index >= 15 is 0 Å². The third kappa shape index (κ3) is 2.62. The van der Waals surface area contributed by atoms with Crippen molar-refractivity contribution in [2.24, 2.45) is 5.92 Å². The molecule has 23 heavy (non-hydrogen) atoms. The van der Waals surface area contributed by atoms with Crippen LogP contribution in [-0.2, 0) is 0 Å². The van der Waals surface area contributed by atoms with E-state index in [0.29, 0.717) is 16.1 Å². The molecule has 0 spiro atoms. The van der Waals surface area contributed by atoms with E-state index in [4.69, 9.17) is 16.9 Å². The van der Waals surface area contributed by atoms with Crippen molar-refractivity contribution in [3.8, 4) is 11.8 Å². The lowest BCUT2D eigenvalue weighted by Gasteiger charge is -2.08. The Hall–Kier alpha value is -2.57. The second-order valence-corrected chi connectivity index (χ2v) is 6.13. The van der Waals surface area contributed by atoms with Gasteiger partial charge in [-0.25, -0.2) is 0 Å². The van der Waals surface area contributed by atoms with E-state index in [0.717, 1.165) is 16.6 Å². The number of halogens is 1. The fourth-order valence-electron chi connectivity index (χ4n) is 2.66. The Kier molecular flexibility index (Phi) is 3.94. The number of hydrogen-bond acceptors (Lipinski definition) is 2. The molecule has 1 aromatic heterocycles. The SMILES string of the molecule is CC(C)C(=O)c1cn(-c2ccc(C#N)cc2Cl)c2ccccc12. The summed E-state index contributed by atoms with van der Waals surface area (Å²) in [5, 5.41) is 10.4. The summed E-state index contributed by atoms with van der Waals surface area (Å²) in [7, 11) is 0. The molecule has 0 N–H and O–H groups in total. The minimum absolute atomic E-state index is 0.0781. The molecule has 0 atom stereocenters. The van der Waals surface area contributed by atoms with Gasteiger partial charge in [0.25, 0.3) is 0 Å². The van der Waals surface area contributed by atoms with Gasteiger partial charge in [0.15, 0.2) is 5.78 Å². The van der Waals surface area contributed by atoms with Gasteiger partial charge in [0.1, 0.15) is 0 Å². The van der Waals surface area contributed by atoms with Crippen LogP contribution in [0.25, 0.3) is 16.6 Å². The highest BCUT2D eigenvalue weighted by atomic mass is 35.5. The number of aromatic nitrogens is 1. The van der Waals surface area contributed by atoms with Gasteiger partial charge in [-0.3, -0.25) is 4.79 Å². The smallest absolute Gasteiger partial charge is 0.167 e. The molecule has 3 rings (SSSR count). The zero-order chi connectivity index (χ0) is 16.6. The van der Waals surface area contributed by atoms with Gasteiger partial charge in [0.2, 0.25) is 0 Å². The highest BCUT2D eigenvalue weighted by Gasteiger charge is 2.18. The van der Waals surface area contributed by atoms with Crippen molar-refractivity contribution in [1.29, 1.82) is 5.26 Å². The van der Waals surface area contributed by atoms with E-state index in [1.54, 1.807) is 18.2 Å². The van der Waals surface area contributed by atoms with Crippen molar-refractivity contribution in [3.63, 3.8) is 0 Å². The lowest BCUT2D eigenvalue weighted by molar-refractivity contribution is 0.0941. The highest BCUT2D eigenvalue weighted by molar-refractivity contribution is 6.32. The van der Waals surface area contributed by atoms with Crippen LogP contribution in [-0.4, -0.2) is 10.4 Å². The number of para-hydroxylation sites is 1. The molecule has 0 saturated heterocycles. The molecule has 4 heteroatoms. The van der Waals surface area contributed by atoms with Gasteiger partial charge >= 0.3 is 0 Å². The standard InChI is InChI=1S/C19H15ClN2O/c1-12(2)19(23)15-11-22(17-6-4-3-5-14(15)17)18-8-7-13(10-21)9-16(18)20/h3-9,11-12H,1-2H3. The summed E-state index contributed by atoms with van der Waals surface area (Å²) in [6.07, 6.45) is 1.83. The fraction of sp³-hybridized carbons (Fsp3) is 0.158. The van der Waals surface area contributed by atoms with Gasteiger partial charge in [-0.05, 0) is 24.3 Å². The second-order valence-electron chi connectivity index (χ2n) is 5.73. The van der Waals surface area contributed by atoms with Gasteiger partial charge in [-0.2, -0.15) is 5.26 Å². The molecule has 0 unspecified atom stereocenters. The molecular formula is C19H15ClN2O. The summed E-state index contributed by atoms with van der Waals surface area (Å²) in [5.41, 5.74) is 2.87. The summed E-state index contributed by atoms with van der Waals surface area (Å²) >= 11 is 6.34. The molecule has 0 aliphatic rings. The zero-order valence-electron chi connectivity index (χ0n) is 12.9. The van der Waals surface area contributed by atoms with Crippen molar-refractivity contribution in [1.82, 2.24) is 4.57 Å². The van der Waals surface area contributed by atoms with Crippen molar-refractivity contribution >= 4 is 28.3 Å². The molecule has 0 amide bonds. The molecule has 0 radical (unpaired) electrons. The molecule has 1 heterocycles. The van der Waals surface area contributed by atoms with Crippen LogP contribution in [0.5, 0.6) is 0 Å². The van der Waals surface area contributed by atoms with Crippen LogP contribution in [0.4, 0.5) is 0 Å². The molecular weight excluding hydrogens is 308 g/mol. The Morgan fingerprint density at radius 1 is 1.22 bits per heavy atom. The third-order valence-corrected chi connectivity index (χ3v) is 4.14. The molecule has 0 bridgehead atoms. The first kappa shape index (κ1) is 15.3. The van der Waals surface area contributed by atoms with Crippen LogP contribution < -0.4 is 0 Å². The first-order chi connectivity index (χ1) is 11.0. The summed E-state index contributed by atoms with van der Waals surface area (Å²) in [4.78, 5) is 12.5. The number of Topliss-reactive ketones (excluding diaryl/α,β-unsaturated/α-hetero) is 1. The van der Waals surface area contributed by atoms with E-state index < -0.39 is 0 Å². The molecule has 0 aliphatic heterocycles. The largest absolute Gasteiger partial charge is 0.314 e. The lowest BCUT2D eigenvalue weighted by Crippen LogP contribution is -2.06. The molecule has 0 saturated carbocycles. The molecule has 3 aromatic rings. The average molecular weight is 323 g/mol. The first-order valence-corrected chi connectivity index (χ1v) is 7.75. The van der Waals surface area contributed by atoms with Gasteiger partial charge in [0, 0.05) is 23.1 Å². The zero-order valence-corrected chi connectivity index (χ0v) is 13.6. The van der Waals surface area contributed by atoms with Gasteiger partial charge in [0.05, 0.1) is 27.9 Å². The normalized spacial score (nSPS) is 10.9. The van der Waals surface area contributed by atoms with Crippen LogP contribution in [0.3, 0.4) is 0 Å². The number of nitrogens with zero attached hydrogens (tertiary/aromatic N) is 2. The van der Waals surface area contributed by atoms with Crippen LogP contribution in [0.2, 0.25) is 5.02 Å². The predicted molar refractivity (Wildman–Crippen MR) is 92.2 cm³/mol. The second kappa shape index (κ2) is 5.91. The first-order valence-electron chi connectivity index (χ1n) is 7.37. The van der Waals surface area contributed by atoms with E-state index in [2.05, 4.69) is 6.07 Å². The number of ketones is 1. The van der Waals surface area contributed by atoms with Crippen LogP contribution in [0.1, 0.15) is 29.8 Å². The van der Waals surface area contributed by atoms with Gasteiger partial charge < -0.3 is 4.57 Å². The van der Waals surface area contributed by atoms with Crippen LogP contribution in [0, 0.1) is 17.2 Å². The van der Waals surface area contributed by atoms with E-state index in [-0.39, 0.29) is 11.7 Å². The van der Waals surface area contributed by atoms with Crippen molar-refractivity contribution in [3.05, 3.63) is 64.8 Å². The number of carbonyl (C=O) groups excluding carboxylic acids is 1. The fourth-order valence-corrected chi connectivity index (χ4v) is 2.93. The number of rotatable bonds is 3. The Morgan fingerprint density at radius 2 is 1.96 bits per heavy atom. The monoisotopic (exact) mass is 322 g/mol. The number of hydrogen-bond donors (Lipinski definition) is 0. The minimum atomic E-state index is -0.0781. The highest BCUT2D eigenvalue weighted by Crippen LogP contribution is 2.30. The molecule has 0 aliphatic carbocycles. The lowest BCUT2D eigenvalue weighted by atomic mass is 10.0. The Bertz CT molecular complexity index is 948. The third-order valence-electron chi connectivity index (χ3n) is 3.84. The molecule has 3 nitrogen and oxygen atoms in total. The maximum atomic E-state index is 12.5. The molecule has 0 fully saturated rings. The summed E-state index contributed by atoms with van der Waals surface area (Å²) in [6, 6.07) is 15.0. The minimum Gasteiger partial charge on any atom is -0.314 e. The van der Waals surface area contributed by atoms with Crippen molar-refractivity contribution in [2.45, 2.75) is 13.8 Å². The van der Waals surface area contributed by atoms with Gasteiger partial charge in [-0.15, -0.1) is 0 Å². The van der Waals surface area contributed by atoms with E-state index in [1.165, 1.54) is 0 Å². The summed E-state index contributed by atoms with van der Waals surface area (Å²) in [5.74, 6) is 0.0235.